The summed E-state index contributed by atoms with van der Waals surface area (Å²) in [5.74, 6) is 1.11. The van der Waals surface area contributed by atoms with Crippen LogP contribution < -0.4 is 5.32 Å². The Morgan fingerprint density at radius 1 is 1.38 bits per heavy atom. The minimum absolute atomic E-state index is 0. The standard InChI is InChI=1S/C11H17N3S.ClH/c1-9-5-6-11(14-13-9)15-8-10-4-2-3-7-12-10;/h5-6,10,12H,2-4,7-8H2,1H3;1H. The van der Waals surface area contributed by atoms with Crippen LogP contribution in [0.5, 0.6) is 0 Å². The topological polar surface area (TPSA) is 37.8 Å². The van der Waals surface area contributed by atoms with Crippen molar-refractivity contribution in [1.82, 2.24) is 15.5 Å². The van der Waals surface area contributed by atoms with E-state index in [-0.39, 0.29) is 12.4 Å². The molecule has 16 heavy (non-hydrogen) atoms. The number of thioether (sulfide) groups is 1. The van der Waals surface area contributed by atoms with Crippen molar-refractivity contribution in [2.75, 3.05) is 12.3 Å². The quantitative estimate of drug-likeness (QED) is 0.847. The summed E-state index contributed by atoms with van der Waals surface area (Å²) in [6.45, 7) is 3.13. The third kappa shape index (κ3) is 4.28. The highest BCUT2D eigenvalue weighted by Crippen LogP contribution is 2.18. The molecule has 0 radical (unpaired) electrons. The number of aryl methyl sites for hydroxylation is 1. The van der Waals surface area contributed by atoms with E-state index in [9.17, 15) is 0 Å². The van der Waals surface area contributed by atoms with Gasteiger partial charge in [0.05, 0.1) is 5.69 Å². The van der Waals surface area contributed by atoms with E-state index in [1.165, 1.54) is 25.8 Å². The van der Waals surface area contributed by atoms with Crippen molar-refractivity contribution in [1.29, 1.82) is 0 Å². The van der Waals surface area contributed by atoms with E-state index >= 15 is 0 Å². The van der Waals surface area contributed by atoms with Gasteiger partial charge in [-0.3, -0.25) is 0 Å². The highest BCUT2D eigenvalue weighted by atomic mass is 35.5. The van der Waals surface area contributed by atoms with Crippen LogP contribution >= 0.6 is 24.2 Å². The number of piperidine rings is 1. The molecule has 1 aliphatic rings. The summed E-state index contributed by atoms with van der Waals surface area (Å²) in [7, 11) is 0. The zero-order valence-electron chi connectivity index (χ0n) is 9.48. The summed E-state index contributed by atoms with van der Waals surface area (Å²) in [6.07, 6.45) is 3.98. The van der Waals surface area contributed by atoms with Gasteiger partial charge >= 0.3 is 0 Å². The molecule has 1 saturated heterocycles. The summed E-state index contributed by atoms with van der Waals surface area (Å²) >= 11 is 1.80. The monoisotopic (exact) mass is 259 g/mol. The predicted octanol–water partition coefficient (Wildman–Crippen LogP) is 2.44. The van der Waals surface area contributed by atoms with Gasteiger partial charge in [0.1, 0.15) is 5.03 Å². The summed E-state index contributed by atoms with van der Waals surface area (Å²) in [6, 6.07) is 4.73. The van der Waals surface area contributed by atoms with E-state index < -0.39 is 0 Å². The molecule has 1 fully saturated rings. The Balaban J connectivity index is 0.00000128. The fourth-order valence-corrected chi connectivity index (χ4v) is 2.64. The summed E-state index contributed by atoms with van der Waals surface area (Å²) in [5.41, 5.74) is 0.982. The van der Waals surface area contributed by atoms with Crippen molar-refractivity contribution < 1.29 is 0 Å². The van der Waals surface area contributed by atoms with Crippen LogP contribution in [-0.4, -0.2) is 28.5 Å². The van der Waals surface area contributed by atoms with E-state index in [0.29, 0.717) is 6.04 Å². The lowest BCUT2D eigenvalue weighted by atomic mass is 10.1. The van der Waals surface area contributed by atoms with Crippen LogP contribution in [0.2, 0.25) is 0 Å². The van der Waals surface area contributed by atoms with E-state index in [0.717, 1.165) is 16.5 Å². The Bertz CT molecular complexity index is 299. The minimum Gasteiger partial charge on any atom is -0.313 e. The molecule has 2 rings (SSSR count). The van der Waals surface area contributed by atoms with Crippen molar-refractivity contribution in [3.05, 3.63) is 17.8 Å². The van der Waals surface area contributed by atoms with Crippen molar-refractivity contribution in [3.63, 3.8) is 0 Å². The number of rotatable bonds is 3. The molecule has 0 aromatic carbocycles. The fourth-order valence-electron chi connectivity index (χ4n) is 1.72. The Hall–Kier alpha value is -0.320. The second-order valence-electron chi connectivity index (χ2n) is 3.97. The lowest BCUT2D eigenvalue weighted by Gasteiger charge is -2.22. The van der Waals surface area contributed by atoms with Crippen molar-refractivity contribution >= 4 is 24.2 Å². The number of nitrogens with zero attached hydrogens (tertiary/aromatic N) is 2. The van der Waals surface area contributed by atoms with Gasteiger partial charge in [-0.25, -0.2) is 0 Å². The molecule has 1 unspecified atom stereocenters. The first-order valence-corrected chi connectivity index (χ1v) is 6.50. The van der Waals surface area contributed by atoms with Crippen LogP contribution in [0.25, 0.3) is 0 Å². The van der Waals surface area contributed by atoms with E-state index in [1.807, 2.05) is 13.0 Å². The van der Waals surface area contributed by atoms with Gasteiger partial charge in [0.2, 0.25) is 0 Å². The largest absolute Gasteiger partial charge is 0.313 e. The second-order valence-corrected chi connectivity index (χ2v) is 5.01. The Kier molecular flexibility index (Phi) is 6.09. The van der Waals surface area contributed by atoms with Gasteiger partial charge < -0.3 is 5.32 Å². The van der Waals surface area contributed by atoms with Crippen LogP contribution in [-0.2, 0) is 0 Å². The van der Waals surface area contributed by atoms with Crippen LogP contribution in [0.15, 0.2) is 17.2 Å². The van der Waals surface area contributed by atoms with Gasteiger partial charge in [0.25, 0.3) is 0 Å². The Labute approximate surface area is 107 Å². The normalized spacial score (nSPS) is 20.2. The second kappa shape index (κ2) is 7.09. The Morgan fingerprint density at radius 3 is 2.88 bits per heavy atom. The first-order valence-electron chi connectivity index (χ1n) is 5.51. The molecule has 0 saturated carbocycles. The third-order valence-electron chi connectivity index (χ3n) is 2.62. The van der Waals surface area contributed by atoms with Gasteiger partial charge in [-0.05, 0) is 38.4 Å². The third-order valence-corrected chi connectivity index (χ3v) is 3.70. The van der Waals surface area contributed by atoms with E-state index in [4.69, 9.17) is 0 Å². The maximum Gasteiger partial charge on any atom is 0.119 e. The number of hydrogen-bond donors (Lipinski definition) is 1. The van der Waals surface area contributed by atoms with Crippen LogP contribution in [0.3, 0.4) is 0 Å². The van der Waals surface area contributed by atoms with Gasteiger partial charge in [-0.2, -0.15) is 5.10 Å². The number of nitrogens with one attached hydrogen (secondary N) is 1. The van der Waals surface area contributed by atoms with Crippen LogP contribution in [0.1, 0.15) is 25.0 Å². The molecule has 2 heterocycles. The molecule has 1 aromatic heterocycles. The highest BCUT2D eigenvalue weighted by Gasteiger charge is 2.12. The maximum absolute atomic E-state index is 4.15. The van der Waals surface area contributed by atoms with Gasteiger partial charge in [0, 0.05) is 11.8 Å². The summed E-state index contributed by atoms with van der Waals surface area (Å²) in [5, 5.41) is 12.8. The van der Waals surface area contributed by atoms with Gasteiger partial charge in [0.15, 0.2) is 0 Å². The minimum atomic E-state index is 0. The molecule has 0 amide bonds. The number of hydrogen-bond acceptors (Lipinski definition) is 4. The number of aromatic nitrogens is 2. The zero-order valence-corrected chi connectivity index (χ0v) is 11.1. The predicted molar refractivity (Wildman–Crippen MR) is 70.4 cm³/mol. The Morgan fingerprint density at radius 2 is 2.25 bits per heavy atom. The number of halogens is 1. The first kappa shape index (κ1) is 13.7. The molecule has 0 bridgehead atoms. The average Bonchev–Trinajstić information content (AvgIpc) is 2.30. The van der Waals surface area contributed by atoms with Gasteiger partial charge in [-0.15, -0.1) is 29.3 Å². The molecular weight excluding hydrogens is 242 g/mol. The van der Waals surface area contributed by atoms with Crippen molar-refractivity contribution in [3.8, 4) is 0 Å². The first-order chi connectivity index (χ1) is 7.34. The van der Waals surface area contributed by atoms with E-state index in [1.54, 1.807) is 11.8 Å². The summed E-state index contributed by atoms with van der Waals surface area (Å²) < 4.78 is 0. The SMILES string of the molecule is Cc1ccc(SCC2CCCCN2)nn1.Cl. The molecule has 1 aliphatic heterocycles. The molecule has 1 N–H and O–H groups in total. The van der Waals surface area contributed by atoms with Gasteiger partial charge in [-0.1, -0.05) is 6.42 Å². The zero-order chi connectivity index (χ0) is 10.5. The molecule has 1 atom stereocenters. The van der Waals surface area contributed by atoms with Crippen LogP contribution in [0.4, 0.5) is 0 Å². The fraction of sp³-hybridized carbons (Fsp3) is 0.636. The highest BCUT2D eigenvalue weighted by molar-refractivity contribution is 7.99. The van der Waals surface area contributed by atoms with Crippen LogP contribution in [0, 0.1) is 6.92 Å². The maximum atomic E-state index is 4.15. The van der Waals surface area contributed by atoms with Crippen molar-refractivity contribution in [2.24, 2.45) is 0 Å². The lowest BCUT2D eigenvalue weighted by Crippen LogP contribution is -2.35. The average molecular weight is 260 g/mol. The summed E-state index contributed by atoms with van der Waals surface area (Å²) in [4.78, 5) is 0. The molecule has 90 valence electrons. The molecule has 0 aliphatic carbocycles. The smallest absolute Gasteiger partial charge is 0.119 e. The molecular formula is C11H18ClN3S. The lowest BCUT2D eigenvalue weighted by molar-refractivity contribution is 0.430. The molecule has 1 aromatic rings. The van der Waals surface area contributed by atoms with E-state index in [2.05, 4.69) is 21.6 Å². The molecule has 0 spiro atoms. The molecule has 3 nitrogen and oxygen atoms in total. The van der Waals surface area contributed by atoms with Crippen molar-refractivity contribution in [2.45, 2.75) is 37.3 Å². The molecule has 5 heteroatoms.